The van der Waals surface area contributed by atoms with E-state index in [2.05, 4.69) is 26.7 Å². The van der Waals surface area contributed by atoms with Gasteiger partial charge in [0.15, 0.2) is 0 Å². The summed E-state index contributed by atoms with van der Waals surface area (Å²) in [6, 6.07) is 17.6. The molecule has 6 heteroatoms. The number of halogens is 1. The third-order valence-corrected chi connectivity index (χ3v) is 3.73. The van der Waals surface area contributed by atoms with E-state index in [1.165, 1.54) is 12.1 Å². The fraction of sp³-hybridized carbons (Fsp3) is 0.150. The second kappa shape index (κ2) is 8.08. The first kappa shape index (κ1) is 17.4. The summed E-state index contributed by atoms with van der Waals surface area (Å²) in [5.41, 5.74) is 3.24. The predicted molar refractivity (Wildman–Crippen MR) is 99.8 cm³/mol. The molecule has 0 amide bonds. The van der Waals surface area contributed by atoms with Crippen molar-refractivity contribution in [1.82, 2.24) is 9.97 Å². The van der Waals surface area contributed by atoms with Gasteiger partial charge in [-0.05, 0) is 49.2 Å². The number of nitriles is 1. The molecule has 3 rings (SSSR count). The number of anilines is 3. The van der Waals surface area contributed by atoms with Crippen molar-refractivity contribution < 1.29 is 4.39 Å². The minimum absolute atomic E-state index is 0.236. The van der Waals surface area contributed by atoms with Crippen molar-refractivity contribution in [3.8, 4) is 6.07 Å². The summed E-state index contributed by atoms with van der Waals surface area (Å²) in [4.78, 5) is 8.83. The molecule has 1 heterocycles. The van der Waals surface area contributed by atoms with Crippen LogP contribution >= 0.6 is 0 Å². The van der Waals surface area contributed by atoms with E-state index in [0.717, 1.165) is 23.4 Å². The fourth-order valence-corrected chi connectivity index (χ4v) is 2.50. The van der Waals surface area contributed by atoms with Gasteiger partial charge in [0, 0.05) is 24.0 Å². The number of aromatic nitrogens is 2. The molecule has 0 unspecified atom stereocenters. The van der Waals surface area contributed by atoms with Crippen LogP contribution in [-0.2, 0) is 6.42 Å². The molecule has 0 aliphatic heterocycles. The molecule has 0 saturated carbocycles. The first-order chi connectivity index (χ1) is 12.6. The van der Waals surface area contributed by atoms with Crippen molar-refractivity contribution in [2.45, 2.75) is 13.3 Å². The molecule has 130 valence electrons. The molecule has 26 heavy (non-hydrogen) atoms. The molecular formula is C20H18FN5. The van der Waals surface area contributed by atoms with Crippen LogP contribution in [0, 0.1) is 24.1 Å². The van der Waals surface area contributed by atoms with E-state index in [4.69, 9.17) is 5.26 Å². The molecule has 2 N–H and O–H groups in total. The van der Waals surface area contributed by atoms with E-state index in [0.29, 0.717) is 23.9 Å². The molecule has 3 aromatic rings. The summed E-state index contributed by atoms with van der Waals surface area (Å²) in [6.45, 7) is 2.53. The summed E-state index contributed by atoms with van der Waals surface area (Å²) < 4.78 is 12.9. The lowest BCUT2D eigenvalue weighted by Crippen LogP contribution is -2.09. The zero-order valence-corrected chi connectivity index (χ0v) is 14.3. The highest BCUT2D eigenvalue weighted by molar-refractivity contribution is 5.59. The Kier molecular flexibility index (Phi) is 5.40. The highest BCUT2D eigenvalue weighted by Crippen LogP contribution is 2.18. The van der Waals surface area contributed by atoms with Crippen molar-refractivity contribution in [3.63, 3.8) is 0 Å². The fourth-order valence-electron chi connectivity index (χ4n) is 2.50. The zero-order chi connectivity index (χ0) is 18.4. The molecule has 5 nitrogen and oxygen atoms in total. The van der Waals surface area contributed by atoms with Gasteiger partial charge in [-0.3, -0.25) is 0 Å². The Labute approximate surface area is 151 Å². The van der Waals surface area contributed by atoms with Gasteiger partial charge in [-0.1, -0.05) is 18.2 Å². The van der Waals surface area contributed by atoms with Crippen LogP contribution in [0.4, 0.5) is 21.8 Å². The smallest absolute Gasteiger partial charge is 0.224 e. The van der Waals surface area contributed by atoms with E-state index in [1.54, 1.807) is 24.3 Å². The summed E-state index contributed by atoms with van der Waals surface area (Å²) in [5.74, 6) is 0.933. The topological polar surface area (TPSA) is 73.6 Å². The number of nitrogens with one attached hydrogen (secondary N) is 2. The lowest BCUT2D eigenvalue weighted by atomic mass is 10.1. The van der Waals surface area contributed by atoms with Crippen LogP contribution < -0.4 is 10.6 Å². The molecule has 0 aliphatic carbocycles. The highest BCUT2D eigenvalue weighted by Gasteiger charge is 2.04. The number of hydrogen-bond donors (Lipinski definition) is 2. The average molecular weight is 347 g/mol. The largest absolute Gasteiger partial charge is 0.354 e. The summed E-state index contributed by atoms with van der Waals surface area (Å²) in [5, 5.41) is 15.4. The molecule has 1 aromatic heterocycles. The van der Waals surface area contributed by atoms with Crippen LogP contribution in [0.2, 0.25) is 0 Å². The number of aryl methyl sites for hydroxylation is 1. The standard InChI is InChI=1S/C20H18FN5/c1-14-11-19(25-18-4-2-3-16(12-18)13-22)26-20(24-14)23-10-9-15-5-7-17(21)8-6-15/h2-8,11-12H,9-10H2,1H3,(H2,23,24,25,26). The van der Waals surface area contributed by atoms with E-state index >= 15 is 0 Å². The molecule has 0 saturated heterocycles. The number of hydrogen-bond acceptors (Lipinski definition) is 5. The van der Waals surface area contributed by atoms with E-state index in [-0.39, 0.29) is 5.82 Å². The van der Waals surface area contributed by atoms with E-state index < -0.39 is 0 Å². The van der Waals surface area contributed by atoms with Crippen LogP contribution in [0.15, 0.2) is 54.6 Å². The van der Waals surface area contributed by atoms with Crippen molar-refractivity contribution in [1.29, 1.82) is 5.26 Å². The first-order valence-corrected chi connectivity index (χ1v) is 8.23. The maximum absolute atomic E-state index is 12.9. The van der Waals surface area contributed by atoms with Crippen LogP contribution in [0.3, 0.4) is 0 Å². The third-order valence-electron chi connectivity index (χ3n) is 3.73. The summed E-state index contributed by atoms with van der Waals surface area (Å²) >= 11 is 0. The SMILES string of the molecule is Cc1cc(Nc2cccc(C#N)c2)nc(NCCc2ccc(F)cc2)n1. The number of nitrogens with zero attached hydrogens (tertiary/aromatic N) is 3. The van der Waals surface area contributed by atoms with Crippen molar-refractivity contribution >= 4 is 17.5 Å². The summed E-state index contributed by atoms with van der Waals surface area (Å²) in [7, 11) is 0. The third kappa shape index (κ3) is 4.77. The van der Waals surface area contributed by atoms with Crippen molar-refractivity contribution in [3.05, 3.63) is 77.2 Å². The maximum Gasteiger partial charge on any atom is 0.224 e. The second-order valence-corrected chi connectivity index (χ2v) is 5.84. The predicted octanol–water partition coefficient (Wildman–Crippen LogP) is 4.19. The Balaban J connectivity index is 1.65. The Morgan fingerprint density at radius 1 is 1.08 bits per heavy atom. The lowest BCUT2D eigenvalue weighted by molar-refractivity contribution is 0.627. The Morgan fingerprint density at radius 3 is 2.65 bits per heavy atom. The first-order valence-electron chi connectivity index (χ1n) is 8.23. The van der Waals surface area contributed by atoms with Crippen LogP contribution in [0.1, 0.15) is 16.8 Å². The van der Waals surface area contributed by atoms with Gasteiger partial charge in [0.1, 0.15) is 11.6 Å². The molecule has 2 aromatic carbocycles. The molecular weight excluding hydrogens is 329 g/mol. The Hall–Kier alpha value is -3.46. The monoisotopic (exact) mass is 347 g/mol. The average Bonchev–Trinajstić information content (AvgIpc) is 2.63. The van der Waals surface area contributed by atoms with Gasteiger partial charge >= 0.3 is 0 Å². The zero-order valence-electron chi connectivity index (χ0n) is 14.3. The van der Waals surface area contributed by atoms with E-state index in [1.807, 2.05) is 25.1 Å². The quantitative estimate of drug-likeness (QED) is 0.699. The van der Waals surface area contributed by atoms with Crippen molar-refractivity contribution in [2.75, 3.05) is 17.2 Å². The second-order valence-electron chi connectivity index (χ2n) is 5.84. The molecule has 0 aliphatic rings. The van der Waals surface area contributed by atoms with Gasteiger partial charge in [0.2, 0.25) is 5.95 Å². The minimum atomic E-state index is -0.236. The Bertz CT molecular complexity index is 932. The molecule has 0 radical (unpaired) electrons. The molecule has 0 atom stereocenters. The van der Waals surface area contributed by atoms with Gasteiger partial charge in [-0.2, -0.15) is 10.2 Å². The van der Waals surface area contributed by atoms with E-state index in [9.17, 15) is 4.39 Å². The van der Waals surface area contributed by atoms with Crippen LogP contribution in [0.5, 0.6) is 0 Å². The van der Waals surface area contributed by atoms with Crippen LogP contribution in [0.25, 0.3) is 0 Å². The molecule has 0 spiro atoms. The van der Waals surface area contributed by atoms with Crippen LogP contribution in [-0.4, -0.2) is 16.5 Å². The molecule has 0 fully saturated rings. The molecule has 0 bridgehead atoms. The highest BCUT2D eigenvalue weighted by atomic mass is 19.1. The van der Waals surface area contributed by atoms with Crippen molar-refractivity contribution in [2.24, 2.45) is 0 Å². The van der Waals surface area contributed by atoms with Gasteiger partial charge in [0.25, 0.3) is 0 Å². The Morgan fingerprint density at radius 2 is 1.88 bits per heavy atom. The van der Waals surface area contributed by atoms with Gasteiger partial charge in [-0.15, -0.1) is 0 Å². The normalized spacial score (nSPS) is 10.2. The maximum atomic E-state index is 12.9. The van der Waals surface area contributed by atoms with Gasteiger partial charge < -0.3 is 10.6 Å². The lowest BCUT2D eigenvalue weighted by Gasteiger charge is -2.10. The minimum Gasteiger partial charge on any atom is -0.354 e. The van der Waals surface area contributed by atoms with Gasteiger partial charge in [0.05, 0.1) is 11.6 Å². The van der Waals surface area contributed by atoms with Gasteiger partial charge in [-0.25, -0.2) is 9.37 Å². The number of rotatable bonds is 6. The number of benzene rings is 2. The summed E-state index contributed by atoms with van der Waals surface area (Å²) in [6.07, 6.45) is 0.741.